The molecule has 1 aliphatic rings. The Morgan fingerprint density at radius 1 is 1.50 bits per heavy atom. The molecule has 0 aromatic carbocycles. The third kappa shape index (κ3) is 2.60. The summed E-state index contributed by atoms with van der Waals surface area (Å²) in [4.78, 5) is 4.02. The van der Waals surface area contributed by atoms with Crippen molar-refractivity contribution in [1.29, 1.82) is 5.26 Å². The smallest absolute Gasteiger partial charge is 0.101 e. The molecular weight excluding hydrogens is 198 g/mol. The first-order valence-corrected chi connectivity index (χ1v) is 5.66. The van der Waals surface area contributed by atoms with Crippen molar-refractivity contribution in [3.05, 3.63) is 35.7 Å². The number of nitriles is 1. The van der Waals surface area contributed by atoms with Crippen molar-refractivity contribution in [2.24, 2.45) is 0 Å². The van der Waals surface area contributed by atoms with Crippen LogP contribution in [0.4, 0.5) is 5.69 Å². The normalized spacial score (nSPS) is 14.3. The van der Waals surface area contributed by atoms with Gasteiger partial charge in [-0.05, 0) is 31.7 Å². The fourth-order valence-corrected chi connectivity index (χ4v) is 1.95. The molecule has 3 heteroatoms. The molecule has 2 rings (SSSR count). The Balaban J connectivity index is 1.87. The predicted octanol–water partition coefficient (Wildman–Crippen LogP) is 2.87. The van der Waals surface area contributed by atoms with E-state index in [0.717, 1.165) is 18.7 Å². The first-order valence-electron chi connectivity index (χ1n) is 5.66. The second-order valence-electron chi connectivity index (χ2n) is 3.96. The number of pyridine rings is 1. The second kappa shape index (κ2) is 5.32. The molecule has 0 saturated heterocycles. The predicted molar refractivity (Wildman–Crippen MR) is 64.0 cm³/mol. The lowest BCUT2D eigenvalue weighted by molar-refractivity contribution is 0.863. The van der Waals surface area contributed by atoms with Crippen molar-refractivity contribution in [3.8, 4) is 6.07 Å². The molecule has 1 aromatic rings. The van der Waals surface area contributed by atoms with Crippen molar-refractivity contribution in [2.75, 3.05) is 11.9 Å². The van der Waals surface area contributed by atoms with E-state index in [9.17, 15) is 0 Å². The minimum absolute atomic E-state index is 0.662. The van der Waals surface area contributed by atoms with Crippen LogP contribution in [0.15, 0.2) is 30.1 Å². The summed E-state index contributed by atoms with van der Waals surface area (Å²) in [5, 5.41) is 12.2. The van der Waals surface area contributed by atoms with Crippen LogP contribution < -0.4 is 5.32 Å². The third-order valence-electron chi connectivity index (χ3n) is 2.84. The van der Waals surface area contributed by atoms with E-state index in [1.165, 1.54) is 24.8 Å². The molecule has 0 bridgehead atoms. The van der Waals surface area contributed by atoms with Crippen LogP contribution in [0.25, 0.3) is 0 Å². The highest BCUT2D eigenvalue weighted by Crippen LogP contribution is 2.20. The lowest BCUT2D eigenvalue weighted by atomic mass is 10.1. The molecule has 0 saturated carbocycles. The topological polar surface area (TPSA) is 48.7 Å². The highest BCUT2D eigenvalue weighted by molar-refractivity contribution is 5.55. The van der Waals surface area contributed by atoms with Gasteiger partial charge in [0.1, 0.15) is 6.07 Å². The van der Waals surface area contributed by atoms with E-state index in [0.29, 0.717) is 5.56 Å². The van der Waals surface area contributed by atoms with Gasteiger partial charge in [0.05, 0.1) is 17.4 Å². The minimum Gasteiger partial charge on any atom is -0.382 e. The Kier molecular flexibility index (Phi) is 3.55. The van der Waals surface area contributed by atoms with E-state index >= 15 is 0 Å². The van der Waals surface area contributed by atoms with Gasteiger partial charge >= 0.3 is 0 Å². The van der Waals surface area contributed by atoms with Gasteiger partial charge in [-0.15, -0.1) is 0 Å². The van der Waals surface area contributed by atoms with Crippen LogP contribution >= 0.6 is 0 Å². The van der Waals surface area contributed by atoms with Gasteiger partial charge in [-0.25, -0.2) is 0 Å². The van der Waals surface area contributed by atoms with Crippen LogP contribution in [-0.4, -0.2) is 11.5 Å². The van der Waals surface area contributed by atoms with Crippen LogP contribution in [0.3, 0.4) is 0 Å². The van der Waals surface area contributed by atoms with Gasteiger partial charge < -0.3 is 5.32 Å². The van der Waals surface area contributed by atoms with Crippen LogP contribution in [0.2, 0.25) is 0 Å². The molecule has 3 nitrogen and oxygen atoms in total. The van der Waals surface area contributed by atoms with Crippen LogP contribution in [-0.2, 0) is 0 Å². The number of nitrogens with zero attached hydrogens (tertiary/aromatic N) is 2. The van der Waals surface area contributed by atoms with Crippen LogP contribution in [0.5, 0.6) is 0 Å². The molecule has 0 spiro atoms. The largest absolute Gasteiger partial charge is 0.382 e. The lowest BCUT2D eigenvalue weighted by Crippen LogP contribution is -2.04. The summed E-state index contributed by atoms with van der Waals surface area (Å²) in [5.74, 6) is 0. The van der Waals surface area contributed by atoms with Crippen molar-refractivity contribution in [2.45, 2.75) is 25.7 Å². The summed E-state index contributed by atoms with van der Waals surface area (Å²) < 4.78 is 0. The second-order valence-corrected chi connectivity index (χ2v) is 3.96. The quantitative estimate of drug-likeness (QED) is 0.782. The molecule has 0 amide bonds. The van der Waals surface area contributed by atoms with E-state index in [4.69, 9.17) is 5.26 Å². The number of hydrogen-bond acceptors (Lipinski definition) is 3. The van der Waals surface area contributed by atoms with E-state index < -0.39 is 0 Å². The number of nitrogens with one attached hydrogen (secondary N) is 1. The zero-order valence-corrected chi connectivity index (χ0v) is 9.24. The highest BCUT2D eigenvalue weighted by Gasteiger charge is 2.05. The van der Waals surface area contributed by atoms with Crippen molar-refractivity contribution >= 4 is 5.69 Å². The fourth-order valence-electron chi connectivity index (χ4n) is 1.95. The van der Waals surface area contributed by atoms with E-state index in [-0.39, 0.29) is 0 Å². The maximum absolute atomic E-state index is 8.90. The molecule has 1 aromatic heterocycles. The minimum atomic E-state index is 0.662. The summed E-state index contributed by atoms with van der Waals surface area (Å²) in [6, 6.07) is 3.89. The van der Waals surface area contributed by atoms with E-state index in [1.54, 1.807) is 18.5 Å². The maximum Gasteiger partial charge on any atom is 0.101 e. The molecule has 1 aliphatic carbocycles. The lowest BCUT2D eigenvalue weighted by Gasteiger charge is -2.07. The average molecular weight is 213 g/mol. The van der Waals surface area contributed by atoms with E-state index in [1.807, 2.05) is 0 Å². The summed E-state index contributed by atoms with van der Waals surface area (Å²) in [6.45, 7) is 0.881. The van der Waals surface area contributed by atoms with Crippen molar-refractivity contribution in [3.63, 3.8) is 0 Å². The van der Waals surface area contributed by atoms with Gasteiger partial charge in [-0.1, -0.05) is 11.6 Å². The van der Waals surface area contributed by atoms with E-state index in [2.05, 4.69) is 22.4 Å². The van der Waals surface area contributed by atoms with Gasteiger partial charge in [0.2, 0.25) is 0 Å². The molecule has 82 valence electrons. The zero-order chi connectivity index (χ0) is 11.2. The molecule has 1 heterocycles. The molecule has 0 aliphatic heterocycles. The fraction of sp³-hybridized carbons (Fsp3) is 0.385. The van der Waals surface area contributed by atoms with Gasteiger partial charge in [0, 0.05) is 12.7 Å². The van der Waals surface area contributed by atoms with Gasteiger partial charge in [0.25, 0.3) is 0 Å². The maximum atomic E-state index is 8.90. The van der Waals surface area contributed by atoms with Gasteiger partial charge in [-0.2, -0.15) is 5.26 Å². The zero-order valence-electron chi connectivity index (χ0n) is 9.24. The highest BCUT2D eigenvalue weighted by atomic mass is 14.9. The Labute approximate surface area is 95.8 Å². The summed E-state index contributed by atoms with van der Waals surface area (Å²) in [5.41, 5.74) is 3.04. The van der Waals surface area contributed by atoms with Crippen molar-refractivity contribution < 1.29 is 0 Å². The SMILES string of the molecule is N#Cc1ccncc1NCCC1=CCCC1. The molecule has 16 heavy (non-hydrogen) atoms. The standard InChI is InChI=1S/C13H15N3/c14-9-12-6-7-15-10-13(12)16-8-5-11-3-1-2-4-11/h3,6-7,10,16H,1-2,4-5,8H2. The molecule has 1 N–H and O–H groups in total. The van der Waals surface area contributed by atoms with Crippen molar-refractivity contribution in [1.82, 2.24) is 4.98 Å². The van der Waals surface area contributed by atoms with Gasteiger partial charge in [-0.3, -0.25) is 4.98 Å². The Bertz CT molecular complexity index is 429. The number of hydrogen-bond donors (Lipinski definition) is 1. The monoisotopic (exact) mass is 213 g/mol. The molecule has 0 atom stereocenters. The summed E-state index contributed by atoms with van der Waals surface area (Å²) in [6.07, 6.45) is 10.5. The summed E-state index contributed by atoms with van der Waals surface area (Å²) >= 11 is 0. The molecular formula is C13H15N3. The van der Waals surface area contributed by atoms with Crippen LogP contribution in [0, 0.1) is 11.3 Å². The first kappa shape index (κ1) is 10.7. The first-order chi connectivity index (χ1) is 7.90. The summed E-state index contributed by atoms with van der Waals surface area (Å²) in [7, 11) is 0. The average Bonchev–Trinajstić information content (AvgIpc) is 2.83. The van der Waals surface area contributed by atoms with Gasteiger partial charge in [0.15, 0.2) is 0 Å². The Hall–Kier alpha value is -1.82. The number of anilines is 1. The molecule has 0 fully saturated rings. The molecule has 0 unspecified atom stereocenters. The number of rotatable bonds is 4. The third-order valence-corrected chi connectivity index (χ3v) is 2.84. The molecule has 0 radical (unpaired) electrons. The van der Waals surface area contributed by atoms with Crippen LogP contribution in [0.1, 0.15) is 31.2 Å². The number of aromatic nitrogens is 1. The Morgan fingerprint density at radius 2 is 2.44 bits per heavy atom. The number of allylic oxidation sites excluding steroid dienone is 1. The Morgan fingerprint density at radius 3 is 3.19 bits per heavy atom.